The Bertz CT molecular complexity index is 596. The molecule has 0 fully saturated rings. The standard InChI is InChI=1S/C11H12F3N5O/c1-2-3-19-6-7(5-16-19)20-9-4-8(15)17-10(18-9)11(12,13)14/h4-6H,2-3H2,1H3,(H2,15,17,18). The summed E-state index contributed by atoms with van der Waals surface area (Å²) < 4.78 is 44.4. The topological polar surface area (TPSA) is 78.9 Å². The van der Waals surface area contributed by atoms with E-state index in [1.54, 1.807) is 10.9 Å². The molecular formula is C11H12F3N5O. The molecule has 0 radical (unpaired) electrons. The third-order valence-electron chi connectivity index (χ3n) is 2.26. The highest BCUT2D eigenvalue weighted by molar-refractivity contribution is 5.35. The van der Waals surface area contributed by atoms with E-state index in [0.717, 1.165) is 12.5 Å². The third-order valence-corrected chi connectivity index (χ3v) is 2.26. The Hall–Kier alpha value is -2.32. The fourth-order valence-corrected chi connectivity index (χ4v) is 1.49. The first-order chi connectivity index (χ1) is 9.38. The van der Waals surface area contributed by atoms with Crippen molar-refractivity contribution in [3.63, 3.8) is 0 Å². The molecular weight excluding hydrogens is 275 g/mol. The van der Waals surface area contributed by atoms with Gasteiger partial charge in [0.15, 0.2) is 5.75 Å². The van der Waals surface area contributed by atoms with E-state index in [0.29, 0.717) is 6.54 Å². The van der Waals surface area contributed by atoms with Crippen molar-refractivity contribution in [2.75, 3.05) is 5.73 Å². The zero-order chi connectivity index (χ0) is 14.8. The second kappa shape index (κ2) is 5.35. The fraction of sp³-hybridized carbons (Fsp3) is 0.364. The van der Waals surface area contributed by atoms with Crippen LogP contribution in [0.3, 0.4) is 0 Å². The van der Waals surface area contributed by atoms with Crippen LogP contribution in [0.2, 0.25) is 0 Å². The lowest BCUT2D eigenvalue weighted by Crippen LogP contribution is -2.12. The zero-order valence-electron chi connectivity index (χ0n) is 10.6. The molecule has 0 atom stereocenters. The van der Waals surface area contributed by atoms with Crippen LogP contribution in [-0.2, 0) is 12.7 Å². The van der Waals surface area contributed by atoms with Crippen molar-refractivity contribution in [2.45, 2.75) is 26.1 Å². The second-order valence-corrected chi connectivity index (χ2v) is 3.99. The number of nitrogen functional groups attached to an aromatic ring is 1. The van der Waals surface area contributed by atoms with Crippen molar-refractivity contribution in [1.82, 2.24) is 19.7 Å². The van der Waals surface area contributed by atoms with Gasteiger partial charge in [-0.05, 0) is 6.42 Å². The van der Waals surface area contributed by atoms with Gasteiger partial charge in [0.05, 0.1) is 12.4 Å². The minimum atomic E-state index is -4.68. The number of rotatable bonds is 4. The Kier molecular flexibility index (Phi) is 3.77. The molecule has 9 heteroatoms. The van der Waals surface area contributed by atoms with Crippen molar-refractivity contribution in [2.24, 2.45) is 0 Å². The smallest absolute Gasteiger partial charge is 0.436 e. The van der Waals surface area contributed by atoms with Crippen molar-refractivity contribution in [1.29, 1.82) is 0 Å². The van der Waals surface area contributed by atoms with E-state index in [1.165, 1.54) is 6.20 Å². The summed E-state index contributed by atoms with van der Waals surface area (Å²) in [5.41, 5.74) is 5.31. The van der Waals surface area contributed by atoms with Crippen LogP contribution in [0.25, 0.3) is 0 Å². The molecule has 2 aromatic heterocycles. The van der Waals surface area contributed by atoms with Gasteiger partial charge in [0.25, 0.3) is 0 Å². The average molecular weight is 287 g/mol. The number of nitrogens with zero attached hydrogens (tertiary/aromatic N) is 4. The van der Waals surface area contributed by atoms with Crippen LogP contribution in [0, 0.1) is 0 Å². The Morgan fingerprint density at radius 2 is 2.10 bits per heavy atom. The van der Waals surface area contributed by atoms with Crippen LogP contribution in [0.4, 0.5) is 19.0 Å². The van der Waals surface area contributed by atoms with Crippen molar-refractivity contribution in [3.05, 3.63) is 24.3 Å². The molecule has 0 aromatic carbocycles. The summed E-state index contributed by atoms with van der Waals surface area (Å²) in [5.74, 6) is -1.65. The van der Waals surface area contributed by atoms with Crippen molar-refractivity contribution in [3.8, 4) is 11.6 Å². The van der Waals surface area contributed by atoms with Gasteiger partial charge in [-0.3, -0.25) is 4.68 Å². The van der Waals surface area contributed by atoms with Gasteiger partial charge in [-0.25, -0.2) is 4.98 Å². The summed E-state index contributed by atoms with van der Waals surface area (Å²) in [6, 6.07) is 1.12. The number of anilines is 1. The summed E-state index contributed by atoms with van der Waals surface area (Å²) >= 11 is 0. The van der Waals surface area contributed by atoms with Crippen molar-refractivity contribution < 1.29 is 17.9 Å². The van der Waals surface area contributed by atoms with Gasteiger partial charge in [0.1, 0.15) is 5.82 Å². The molecule has 2 N–H and O–H groups in total. The molecule has 0 unspecified atom stereocenters. The van der Waals surface area contributed by atoms with E-state index in [9.17, 15) is 13.2 Å². The summed E-state index contributed by atoms with van der Waals surface area (Å²) in [6.07, 6.45) is -0.851. The Morgan fingerprint density at radius 1 is 1.35 bits per heavy atom. The van der Waals surface area contributed by atoms with E-state index in [2.05, 4.69) is 15.1 Å². The molecule has 0 aliphatic heterocycles. The first kappa shape index (κ1) is 14.1. The molecule has 0 bridgehead atoms. The monoisotopic (exact) mass is 287 g/mol. The SMILES string of the molecule is CCCn1cc(Oc2cc(N)nc(C(F)(F)F)n2)cn1. The van der Waals surface area contributed by atoms with Gasteiger partial charge < -0.3 is 10.5 Å². The minimum absolute atomic E-state index is 0.277. The van der Waals surface area contributed by atoms with Crippen LogP contribution >= 0.6 is 0 Å². The van der Waals surface area contributed by atoms with E-state index in [4.69, 9.17) is 10.5 Å². The van der Waals surface area contributed by atoms with E-state index < -0.39 is 12.0 Å². The van der Waals surface area contributed by atoms with Gasteiger partial charge >= 0.3 is 6.18 Å². The zero-order valence-corrected chi connectivity index (χ0v) is 10.6. The summed E-state index contributed by atoms with van der Waals surface area (Å²) in [4.78, 5) is 6.40. The van der Waals surface area contributed by atoms with Crippen LogP contribution in [0.5, 0.6) is 11.6 Å². The lowest BCUT2D eigenvalue weighted by Gasteiger charge is -2.08. The van der Waals surface area contributed by atoms with Gasteiger partial charge in [0, 0.05) is 12.6 Å². The molecule has 2 rings (SSSR count). The van der Waals surface area contributed by atoms with Crippen LogP contribution in [0.15, 0.2) is 18.5 Å². The lowest BCUT2D eigenvalue weighted by atomic mass is 10.5. The van der Waals surface area contributed by atoms with Crippen LogP contribution in [0.1, 0.15) is 19.2 Å². The highest BCUT2D eigenvalue weighted by atomic mass is 19.4. The first-order valence-electron chi connectivity index (χ1n) is 5.80. The maximum atomic E-state index is 12.5. The van der Waals surface area contributed by atoms with Gasteiger partial charge in [-0.15, -0.1) is 0 Å². The average Bonchev–Trinajstić information content (AvgIpc) is 2.75. The Labute approximate surface area is 112 Å². The third kappa shape index (κ3) is 3.37. The number of halogens is 3. The van der Waals surface area contributed by atoms with E-state index in [1.807, 2.05) is 6.92 Å². The molecule has 2 heterocycles. The van der Waals surface area contributed by atoms with Gasteiger partial charge in [-0.1, -0.05) is 6.92 Å². The predicted molar refractivity (Wildman–Crippen MR) is 64.0 cm³/mol. The maximum Gasteiger partial charge on any atom is 0.451 e. The molecule has 6 nitrogen and oxygen atoms in total. The minimum Gasteiger partial charge on any atom is -0.436 e. The number of aromatic nitrogens is 4. The summed E-state index contributed by atoms with van der Waals surface area (Å²) in [7, 11) is 0. The molecule has 108 valence electrons. The first-order valence-corrected chi connectivity index (χ1v) is 5.80. The van der Waals surface area contributed by atoms with E-state index in [-0.39, 0.29) is 17.4 Å². The highest BCUT2D eigenvalue weighted by Crippen LogP contribution is 2.29. The molecule has 2 aromatic rings. The van der Waals surface area contributed by atoms with Crippen LogP contribution in [-0.4, -0.2) is 19.7 Å². The number of aryl methyl sites for hydroxylation is 1. The summed E-state index contributed by atoms with van der Waals surface area (Å²) in [5, 5.41) is 3.99. The number of ether oxygens (including phenoxy) is 1. The lowest BCUT2D eigenvalue weighted by molar-refractivity contribution is -0.145. The molecule has 0 saturated carbocycles. The van der Waals surface area contributed by atoms with Gasteiger partial charge in [0.2, 0.25) is 11.7 Å². The number of hydrogen-bond acceptors (Lipinski definition) is 5. The molecule has 0 saturated heterocycles. The molecule has 0 aliphatic rings. The second-order valence-electron chi connectivity index (χ2n) is 3.99. The van der Waals surface area contributed by atoms with E-state index >= 15 is 0 Å². The Morgan fingerprint density at radius 3 is 2.75 bits per heavy atom. The number of alkyl halides is 3. The number of hydrogen-bond donors (Lipinski definition) is 1. The fourth-order valence-electron chi connectivity index (χ4n) is 1.49. The Balaban J connectivity index is 2.22. The molecule has 20 heavy (non-hydrogen) atoms. The van der Waals surface area contributed by atoms with Gasteiger partial charge in [-0.2, -0.15) is 23.3 Å². The largest absolute Gasteiger partial charge is 0.451 e. The molecule has 0 amide bonds. The van der Waals surface area contributed by atoms with Crippen molar-refractivity contribution >= 4 is 5.82 Å². The highest BCUT2D eigenvalue weighted by Gasteiger charge is 2.35. The predicted octanol–water partition coefficient (Wildman–Crippen LogP) is 2.48. The number of nitrogens with two attached hydrogens (primary N) is 1. The van der Waals surface area contributed by atoms with Crippen LogP contribution < -0.4 is 10.5 Å². The molecule has 0 aliphatic carbocycles. The molecule has 0 spiro atoms. The summed E-state index contributed by atoms with van der Waals surface area (Å²) in [6.45, 7) is 2.66. The maximum absolute atomic E-state index is 12.5. The normalized spacial score (nSPS) is 11.6. The quantitative estimate of drug-likeness (QED) is 0.934.